The third-order valence-corrected chi connectivity index (χ3v) is 1.58. The van der Waals surface area contributed by atoms with Crippen molar-refractivity contribution in [3.05, 3.63) is 43.5 Å². The quantitative estimate of drug-likeness (QED) is 0.260. The summed E-state index contributed by atoms with van der Waals surface area (Å²) in [6, 6.07) is 0. The van der Waals surface area contributed by atoms with E-state index in [9.17, 15) is 37.8 Å². The highest BCUT2D eigenvalue weighted by molar-refractivity contribution is 5.48. The fourth-order valence-corrected chi connectivity index (χ4v) is 0.930. The number of nitro groups is 2. The van der Waals surface area contributed by atoms with E-state index in [2.05, 4.69) is 0 Å². The van der Waals surface area contributed by atoms with Gasteiger partial charge in [0.05, 0.1) is 9.85 Å². The van der Waals surface area contributed by atoms with Crippen molar-refractivity contribution >= 4 is 11.4 Å². The van der Waals surface area contributed by atoms with E-state index in [1.54, 1.807) is 0 Å². The second-order valence-corrected chi connectivity index (χ2v) is 2.47. The minimum absolute atomic E-state index is 1.72. The van der Waals surface area contributed by atoms with Crippen molar-refractivity contribution in [2.24, 2.45) is 0 Å². The third kappa shape index (κ3) is 1.53. The largest absolute Gasteiger partial charge is 0.350 e. The van der Waals surface area contributed by atoms with Crippen LogP contribution in [0.25, 0.3) is 0 Å². The van der Waals surface area contributed by atoms with Gasteiger partial charge >= 0.3 is 11.4 Å². The van der Waals surface area contributed by atoms with Gasteiger partial charge in [0.15, 0.2) is 0 Å². The maximum Gasteiger partial charge on any atom is 0.350 e. The van der Waals surface area contributed by atoms with Crippen molar-refractivity contribution in [2.75, 3.05) is 0 Å². The Morgan fingerprint density at radius 1 is 0.688 bits per heavy atom. The number of nitrogens with zero attached hydrogens (tertiary/aromatic N) is 2. The molecule has 1 rings (SSSR count). The molecule has 0 unspecified atom stereocenters. The van der Waals surface area contributed by atoms with E-state index in [0.717, 1.165) is 0 Å². The molecule has 16 heavy (non-hydrogen) atoms. The summed E-state index contributed by atoms with van der Waals surface area (Å²) in [7, 11) is 0. The zero-order valence-corrected chi connectivity index (χ0v) is 7.04. The Kier molecular flexibility index (Phi) is 2.74. The summed E-state index contributed by atoms with van der Waals surface area (Å²) in [5, 5.41) is 20.2. The van der Waals surface area contributed by atoms with Gasteiger partial charge in [-0.3, -0.25) is 20.2 Å². The Morgan fingerprint density at radius 2 is 1.00 bits per heavy atom. The van der Waals surface area contributed by atoms with Gasteiger partial charge in [-0.2, -0.15) is 17.6 Å². The number of hydrogen-bond donors (Lipinski definition) is 0. The van der Waals surface area contributed by atoms with Crippen molar-refractivity contribution in [3.63, 3.8) is 0 Å². The first-order valence-electron chi connectivity index (χ1n) is 3.43. The van der Waals surface area contributed by atoms with Gasteiger partial charge in [0, 0.05) is 0 Å². The highest BCUT2D eigenvalue weighted by Crippen LogP contribution is 2.34. The molecule has 1 aromatic rings. The Bertz CT molecular complexity index is 463. The summed E-state index contributed by atoms with van der Waals surface area (Å²) in [4.78, 5) is 16.7. The van der Waals surface area contributed by atoms with Crippen LogP contribution in [-0.4, -0.2) is 9.85 Å². The number of hydrogen-bond acceptors (Lipinski definition) is 4. The summed E-state index contributed by atoms with van der Waals surface area (Å²) >= 11 is 0. The first-order chi connectivity index (χ1) is 7.29. The molecule has 0 N–H and O–H groups in total. The van der Waals surface area contributed by atoms with Gasteiger partial charge in [-0.15, -0.1) is 0 Å². The van der Waals surface area contributed by atoms with Crippen LogP contribution >= 0.6 is 0 Å². The molecule has 0 spiro atoms. The van der Waals surface area contributed by atoms with Gasteiger partial charge < -0.3 is 0 Å². The normalized spacial score (nSPS) is 10.2. The minimum atomic E-state index is -2.47. The second kappa shape index (κ2) is 3.72. The van der Waals surface area contributed by atoms with Crippen LogP contribution < -0.4 is 0 Å². The third-order valence-electron chi connectivity index (χ3n) is 1.58. The van der Waals surface area contributed by atoms with Crippen LogP contribution in [0.5, 0.6) is 0 Å². The molecule has 0 heterocycles. The number of halogens is 4. The molecule has 0 radical (unpaired) electrons. The van der Waals surface area contributed by atoms with E-state index in [4.69, 9.17) is 0 Å². The second-order valence-electron chi connectivity index (χ2n) is 2.47. The molecule has 0 saturated heterocycles. The highest BCUT2D eigenvalue weighted by Gasteiger charge is 2.39. The molecule has 0 aliphatic carbocycles. The molecule has 0 aromatic heterocycles. The predicted molar refractivity (Wildman–Crippen MR) is 39.6 cm³/mol. The van der Waals surface area contributed by atoms with Crippen LogP contribution in [0.4, 0.5) is 28.9 Å². The van der Waals surface area contributed by atoms with Crippen LogP contribution in [-0.2, 0) is 0 Å². The molecule has 86 valence electrons. The minimum Gasteiger partial charge on any atom is -0.258 e. The number of rotatable bonds is 2. The topological polar surface area (TPSA) is 86.3 Å². The highest BCUT2D eigenvalue weighted by atomic mass is 19.2. The van der Waals surface area contributed by atoms with E-state index < -0.39 is 44.5 Å². The molecule has 0 fully saturated rings. The van der Waals surface area contributed by atoms with Gasteiger partial charge in [0.1, 0.15) is 0 Å². The lowest BCUT2D eigenvalue weighted by atomic mass is 10.2. The Balaban J connectivity index is 3.80. The zero-order chi connectivity index (χ0) is 12.6. The molecule has 0 aliphatic heterocycles. The molecule has 0 saturated carbocycles. The summed E-state index contributed by atoms with van der Waals surface area (Å²) in [5.41, 5.74) is -4.21. The van der Waals surface area contributed by atoms with Gasteiger partial charge in [-0.1, -0.05) is 0 Å². The van der Waals surface area contributed by atoms with E-state index in [0.29, 0.717) is 0 Å². The van der Waals surface area contributed by atoms with Crippen molar-refractivity contribution < 1.29 is 27.4 Å². The molecule has 6 nitrogen and oxygen atoms in total. The molecule has 0 amide bonds. The van der Waals surface area contributed by atoms with Crippen molar-refractivity contribution in [1.82, 2.24) is 0 Å². The van der Waals surface area contributed by atoms with Gasteiger partial charge in [-0.05, 0) is 0 Å². The van der Waals surface area contributed by atoms with Crippen molar-refractivity contribution in [1.29, 1.82) is 0 Å². The lowest BCUT2D eigenvalue weighted by Gasteiger charge is -2.00. The van der Waals surface area contributed by atoms with Crippen molar-refractivity contribution in [2.45, 2.75) is 0 Å². The predicted octanol–water partition coefficient (Wildman–Crippen LogP) is 2.06. The molecule has 10 heteroatoms. The van der Waals surface area contributed by atoms with E-state index in [1.165, 1.54) is 0 Å². The van der Waals surface area contributed by atoms with Gasteiger partial charge in [0.2, 0.25) is 17.5 Å². The van der Waals surface area contributed by atoms with Crippen LogP contribution in [0, 0.1) is 43.5 Å². The molecule has 0 bridgehead atoms. The summed E-state index contributed by atoms with van der Waals surface area (Å²) < 4.78 is 51.0. The number of benzene rings is 1. The lowest BCUT2D eigenvalue weighted by molar-refractivity contribution is -0.403. The fourth-order valence-electron chi connectivity index (χ4n) is 0.930. The summed E-state index contributed by atoms with van der Waals surface area (Å²) in [6.45, 7) is 0. The van der Waals surface area contributed by atoms with Crippen LogP contribution in [0.1, 0.15) is 0 Å². The Morgan fingerprint density at radius 3 is 1.25 bits per heavy atom. The van der Waals surface area contributed by atoms with Crippen LogP contribution in [0.3, 0.4) is 0 Å². The monoisotopic (exact) mass is 240 g/mol. The van der Waals surface area contributed by atoms with Crippen LogP contribution in [0.2, 0.25) is 0 Å². The first kappa shape index (κ1) is 11.8. The smallest absolute Gasteiger partial charge is 0.258 e. The average Bonchev–Trinajstić information content (AvgIpc) is 2.13. The molecular formula is C6F4N2O4. The van der Waals surface area contributed by atoms with E-state index in [1.807, 2.05) is 0 Å². The SMILES string of the molecule is O=[N+]([O-])c1c(F)c(F)c(F)c([N+](=O)[O-])c1F. The average molecular weight is 240 g/mol. The molecule has 0 aliphatic rings. The number of nitro benzene ring substituents is 2. The van der Waals surface area contributed by atoms with E-state index in [-0.39, 0.29) is 0 Å². The van der Waals surface area contributed by atoms with Gasteiger partial charge in [-0.25, -0.2) is 0 Å². The maximum atomic E-state index is 12.9. The van der Waals surface area contributed by atoms with Crippen LogP contribution in [0.15, 0.2) is 0 Å². The zero-order valence-electron chi connectivity index (χ0n) is 7.04. The first-order valence-corrected chi connectivity index (χ1v) is 3.43. The molecule has 1 aromatic carbocycles. The molecular weight excluding hydrogens is 240 g/mol. The lowest BCUT2D eigenvalue weighted by Crippen LogP contribution is -2.07. The maximum absolute atomic E-state index is 12.9. The van der Waals surface area contributed by atoms with Gasteiger partial charge in [0.25, 0.3) is 5.82 Å². The fraction of sp³-hybridized carbons (Fsp3) is 0. The van der Waals surface area contributed by atoms with Crippen molar-refractivity contribution in [3.8, 4) is 0 Å². The summed E-state index contributed by atoms with van der Waals surface area (Å²) in [5.74, 6) is -9.69. The standard InChI is InChI=1S/C6F4N2O4/c7-1-2(8)5(11(13)14)4(10)6(3(1)9)12(15)16. The Hall–Kier alpha value is -2.26. The molecule has 0 atom stereocenters. The van der Waals surface area contributed by atoms with E-state index >= 15 is 0 Å². The Labute approximate surface area is 83.4 Å². The summed E-state index contributed by atoms with van der Waals surface area (Å²) in [6.07, 6.45) is 0.